The van der Waals surface area contributed by atoms with E-state index in [0.29, 0.717) is 23.4 Å². The van der Waals surface area contributed by atoms with E-state index in [4.69, 9.17) is 4.74 Å². The minimum Gasteiger partial charge on any atom is -0.481 e. The van der Waals surface area contributed by atoms with Gasteiger partial charge in [-0.2, -0.15) is 13.2 Å². The molecule has 0 aliphatic carbocycles. The van der Waals surface area contributed by atoms with E-state index in [-0.39, 0.29) is 6.54 Å². The lowest BCUT2D eigenvalue weighted by atomic mass is 10.1. The fourth-order valence-corrected chi connectivity index (χ4v) is 3.08. The smallest absolute Gasteiger partial charge is 0.416 e. The maximum absolute atomic E-state index is 12.8. The number of sulfonamides is 1. The predicted molar refractivity (Wildman–Crippen MR) is 108 cm³/mol. The van der Waals surface area contributed by atoms with E-state index in [9.17, 15) is 26.4 Å². The van der Waals surface area contributed by atoms with E-state index in [0.717, 1.165) is 22.7 Å². The molecule has 2 rings (SSSR count). The number of ether oxygens (including phenoxy) is 1. The van der Waals surface area contributed by atoms with Gasteiger partial charge in [0.1, 0.15) is 5.75 Å². The van der Waals surface area contributed by atoms with Gasteiger partial charge in [0.05, 0.1) is 17.5 Å². The van der Waals surface area contributed by atoms with Gasteiger partial charge in [-0.05, 0) is 48.4 Å². The van der Waals surface area contributed by atoms with E-state index < -0.39 is 33.8 Å². The number of anilines is 1. The number of hydrogen-bond donors (Lipinski definition) is 1. The molecule has 2 aromatic carbocycles. The number of rotatable bonds is 8. The van der Waals surface area contributed by atoms with Crippen LogP contribution in [0.1, 0.15) is 24.5 Å². The maximum atomic E-state index is 12.8. The molecule has 0 saturated heterocycles. The monoisotopic (exact) mass is 444 g/mol. The first-order valence-electron chi connectivity index (χ1n) is 9.06. The zero-order chi connectivity index (χ0) is 22.5. The lowest BCUT2D eigenvalue weighted by Gasteiger charge is -2.19. The van der Waals surface area contributed by atoms with Crippen LogP contribution in [0.15, 0.2) is 48.5 Å². The number of carbonyl (C=O) groups excluding carboxylic acids is 1. The normalized spacial score (nSPS) is 12.9. The van der Waals surface area contributed by atoms with Gasteiger partial charge in [0, 0.05) is 13.6 Å². The minimum atomic E-state index is -4.45. The number of alkyl halides is 3. The van der Waals surface area contributed by atoms with Crippen LogP contribution in [0.2, 0.25) is 0 Å². The molecule has 164 valence electrons. The summed E-state index contributed by atoms with van der Waals surface area (Å²) in [6, 6.07) is 10.9. The summed E-state index contributed by atoms with van der Waals surface area (Å²) in [7, 11) is -1.98. The number of benzene rings is 2. The van der Waals surface area contributed by atoms with Crippen LogP contribution >= 0.6 is 0 Å². The van der Waals surface area contributed by atoms with Gasteiger partial charge >= 0.3 is 6.18 Å². The third-order valence-corrected chi connectivity index (χ3v) is 5.57. The highest BCUT2D eigenvalue weighted by atomic mass is 32.2. The first kappa shape index (κ1) is 23.5. The summed E-state index contributed by atoms with van der Waals surface area (Å²) in [6.45, 7) is 1.67. The molecule has 1 atom stereocenters. The highest BCUT2D eigenvalue weighted by Gasteiger charge is 2.30. The molecule has 0 saturated carbocycles. The lowest BCUT2D eigenvalue weighted by Crippen LogP contribution is -2.37. The maximum Gasteiger partial charge on any atom is 0.416 e. The summed E-state index contributed by atoms with van der Waals surface area (Å²) in [5, 5.41) is 2.58. The Hall–Kier alpha value is -2.75. The van der Waals surface area contributed by atoms with Gasteiger partial charge in [-0.3, -0.25) is 9.10 Å². The molecule has 2 aromatic rings. The van der Waals surface area contributed by atoms with Crippen LogP contribution in [0.25, 0.3) is 0 Å². The molecule has 0 radical (unpaired) electrons. The average molecular weight is 444 g/mol. The predicted octanol–water partition coefficient (Wildman–Crippen LogP) is 3.58. The molecule has 1 N–H and O–H groups in total. The summed E-state index contributed by atoms with van der Waals surface area (Å²) >= 11 is 0. The van der Waals surface area contributed by atoms with Crippen molar-refractivity contribution in [3.05, 3.63) is 59.7 Å². The second-order valence-electron chi connectivity index (χ2n) is 6.66. The van der Waals surface area contributed by atoms with Gasteiger partial charge in [-0.15, -0.1) is 0 Å². The molecule has 6 nitrogen and oxygen atoms in total. The van der Waals surface area contributed by atoms with Crippen LogP contribution in [0.4, 0.5) is 18.9 Å². The highest BCUT2D eigenvalue weighted by Crippen LogP contribution is 2.29. The molecule has 0 spiro atoms. The van der Waals surface area contributed by atoms with Crippen LogP contribution in [0.5, 0.6) is 5.75 Å². The fraction of sp³-hybridized carbons (Fsp3) is 0.350. The molecule has 10 heteroatoms. The number of nitrogens with zero attached hydrogens (tertiary/aromatic N) is 1. The zero-order valence-electron chi connectivity index (χ0n) is 16.7. The van der Waals surface area contributed by atoms with Crippen molar-refractivity contribution in [2.24, 2.45) is 0 Å². The summed E-state index contributed by atoms with van der Waals surface area (Å²) in [5.41, 5.74) is -0.0234. The summed E-state index contributed by atoms with van der Waals surface area (Å²) in [4.78, 5) is 12.4. The average Bonchev–Trinajstić information content (AvgIpc) is 2.69. The first-order chi connectivity index (χ1) is 13.9. The van der Waals surface area contributed by atoms with Crippen molar-refractivity contribution in [3.8, 4) is 5.75 Å². The van der Waals surface area contributed by atoms with Crippen molar-refractivity contribution in [2.75, 3.05) is 17.6 Å². The van der Waals surface area contributed by atoms with Gasteiger partial charge < -0.3 is 10.1 Å². The Bertz CT molecular complexity index is 976. The largest absolute Gasteiger partial charge is 0.481 e. The first-order valence-corrected chi connectivity index (χ1v) is 10.9. The molecule has 0 heterocycles. The van der Waals surface area contributed by atoms with Crippen LogP contribution < -0.4 is 14.4 Å². The van der Waals surface area contributed by atoms with E-state index >= 15 is 0 Å². The Morgan fingerprint density at radius 3 is 2.33 bits per heavy atom. The van der Waals surface area contributed by atoms with Crippen LogP contribution in [0.3, 0.4) is 0 Å². The summed E-state index contributed by atoms with van der Waals surface area (Å²) in [5.74, 6) is -0.103. The number of nitrogens with one attached hydrogen (secondary N) is 1. The van der Waals surface area contributed by atoms with E-state index in [1.54, 1.807) is 31.2 Å². The van der Waals surface area contributed by atoms with E-state index in [1.165, 1.54) is 19.2 Å². The van der Waals surface area contributed by atoms with Crippen molar-refractivity contribution in [1.29, 1.82) is 0 Å². The Morgan fingerprint density at radius 2 is 1.80 bits per heavy atom. The molecule has 30 heavy (non-hydrogen) atoms. The zero-order valence-corrected chi connectivity index (χ0v) is 17.5. The van der Waals surface area contributed by atoms with Crippen molar-refractivity contribution < 1.29 is 31.1 Å². The number of hydrogen-bond acceptors (Lipinski definition) is 4. The molecule has 0 fully saturated rings. The van der Waals surface area contributed by atoms with Gasteiger partial charge in [0.15, 0.2) is 6.10 Å². The second kappa shape index (κ2) is 9.38. The van der Waals surface area contributed by atoms with Crippen LogP contribution in [-0.2, 0) is 27.5 Å². The van der Waals surface area contributed by atoms with E-state index in [2.05, 4.69) is 5.32 Å². The SMILES string of the molecule is CC[C@H](Oc1ccc(N(C)S(C)(=O)=O)cc1)C(=O)NCc1cccc(C(F)(F)F)c1. The van der Waals surface area contributed by atoms with Gasteiger partial charge in [0.25, 0.3) is 5.91 Å². The van der Waals surface area contributed by atoms with Gasteiger partial charge in [-0.1, -0.05) is 19.1 Å². The van der Waals surface area contributed by atoms with Crippen molar-refractivity contribution >= 4 is 21.6 Å². The Morgan fingerprint density at radius 1 is 1.17 bits per heavy atom. The molecular formula is C20H23F3N2O4S. The number of halogens is 3. The highest BCUT2D eigenvalue weighted by molar-refractivity contribution is 7.92. The van der Waals surface area contributed by atoms with Crippen LogP contribution in [-0.4, -0.2) is 33.7 Å². The molecule has 1 amide bonds. The lowest BCUT2D eigenvalue weighted by molar-refractivity contribution is -0.137. The fourth-order valence-electron chi connectivity index (χ4n) is 2.57. The Kier molecular flexibility index (Phi) is 7.35. The van der Waals surface area contributed by atoms with E-state index in [1.807, 2.05) is 0 Å². The quantitative estimate of drug-likeness (QED) is 0.676. The number of carbonyl (C=O) groups is 1. The van der Waals surface area contributed by atoms with Crippen molar-refractivity contribution in [2.45, 2.75) is 32.2 Å². The third-order valence-electron chi connectivity index (χ3n) is 4.36. The standard InChI is InChI=1S/C20H23F3N2O4S/c1-4-18(29-17-10-8-16(9-11-17)25(2)30(3,27)28)19(26)24-13-14-6-5-7-15(12-14)20(21,22)23/h5-12,18H,4,13H2,1-3H3,(H,24,26)/t18-/m0/s1. The molecule has 0 unspecified atom stereocenters. The van der Waals surface area contributed by atoms with Gasteiger partial charge in [0.2, 0.25) is 10.0 Å². The van der Waals surface area contributed by atoms with Crippen molar-refractivity contribution in [3.63, 3.8) is 0 Å². The third kappa shape index (κ3) is 6.38. The summed E-state index contributed by atoms with van der Waals surface area (Å²) < 4.78 is 68.3. The molecule has 0 aromatic heterocycles. The van der Waals surface area contributed by atoms with Crippen molar-refractivity contribution in [1.82, 2.24) is 5.32 Å². The second-order valence-corrected chi connectivity index (χ2v) is 8.67. The Balaban J connectivity index is 2.00. The topological polar surface area (TPSA) is 75.7 Å². The molecular weight excluding hydrogens is 421 g/mol. The molecule has 0 aliphatic rings. The number of amides is 1. The summed E-state index contributed by atoms with van der Waals surface area (Å²) in [6.07, 6.45) is -3.89. The molecule has 0 bridgehead atoms. The molecule has 0 aliphatic heterocycles. The minimum absolute atomic E-state index is 0.0687. The van der Waals surface area contributed by atoms with Crippen LogP contribution in [0, 0.1) is 0 Å². The van der Waals surface area contributed by atoms with Gasteiger partial charge in [-0.25, -0.2) is 8.42 Å². The Labute approximate surface area is 173 Å².